The minimum atomic E-state index is -1.39. The number of nitrogens with one attached hydrogen (secondary N) is 3. The maximum absolute atomic E-state index is 12.0. The molecule has 0 aromatic heterocycles. The number of rotatable bonds is 14. The number of hydrogen-bond acceptors (Lipinski definition) is 7. The van der Waals surface area contributed by atoms with E-state index in [4.69, 9.17) is 21.1 Å². The standard InChI is InChI=1S/C14H20AtN3OS.C8H12N2O7/c1-3-4-7-17-14(19)11-5-6-12(9-18-10(2)16)13(8-11)20-15;11-5(12)2-1-4(7(15)16)10-8(17)9-3-6(13)14/h5-6,8H,3-4,7,9H2,1-2H3,(H2,16,18)(H,17,19);4H,1-3H2,(H,11,12)(H,13,14)(H,15,16)(H2,9,10,17). The molecule has 0 fully saturated rings. The molecule has 1 unspecified atom stereocenters. The Morgan fingerprint density at radius 2 is 1.78 bits per heavy atom. The zero-order valence-electron chi connectivity index (χ0n) is 20.5. The van der Waals surface area contributed by atoms with Crippen LogP contribution in [-0.2, 0) is 20.9 Å². The van der Waals surface area contributed by atoms with Crippen molar-refractivity contribution in [2.75, 3.05) is 13.1 Å². The molecule has 0 bridgehead atoms. The van der Waals surface area contributed by atoms with Gasteiger partial charge in [-0.25, -0.2) is 9.59 Å². The van der Waals surface area contributed by atoms with Crippen LogP contribution in [0.3, 0.4) is 0 Å². The Morgan fingerprint density at radius 1 is 1.11 bits per heavy atom. The van der Waals surface area contributed by atoms with E-state index in [1.54, 1.807) is 38.7 Å². The number of aliphatic imine (C=N–C) groups is 1. The van der Waals surface area contributed by atoms with Crippen LogP contribution in [0.1, 0.15) is 55.5 Å². The number of aliphatic carboxylic acids is 3. The Kier molecular flexibility index (Phi) is 17.7. The topological polar surface area (TPSA) is 221 Å². The Hall–Kier alpha value is -2.93. The molecule has 1 aromatic carbocycles. The summed E-state index contributed by atoms with van der Waals surface area (Å²) in [5.74, 6) is -3.30. The van der Waals surface area contributed by atoms with Crippen LogP contribution in [0, 0.1) is 23.3 Å². The van der Waals surface area contributed by atoms with Gasteiger partial charge in [0.15, 0.2) is 0 Å². The first-order valence-corrected chi connectivity index (χ1v) is 15.4. The first-order valence-electron chi connectivity index (χ1n) is 11.1. The molecule has 8 N–H and O–H groups in total. The van der Waals surface area contributed by atoms with Crippen molar-refractivity contribution in [3.63, 3.8) is 0 Å². The van der Waals surface area contributed by atoms with Crippen LogP contribution in [-0.4, -0.2) is 70.1 Å². The summed E-state index contributed by atoms with van der Waals surface area (Å²) in [6.45, 7) is 4.51. The summed E-state index contributed by atoms with van der Waals surface area (Å²) < 4.78 is 0. The van der Waals surface area contributed by atoms with Gasteiger partial charge in [0.25, 0.3) is 0 Å². The van der Waals surface area contributed by atoms with Crippen LogP contribution in [0.25, 0.3) is 0 Å². The van der Waals surface area contributed by atoms with Crippen molar-refractivity contribution in [1.82, 2.24) is 16.0 Å². The Bertz CT molecular complexity index is 972. The van der Waals surface area contributed by atoms with Gasteiger partial charge in [0.1, 0.15) is 12.6 Å². The normalized spacial score (nSPS) is 11.4. The number of amides is 3. The van der Waals surface area contributed by atoms with Crippen molar-refractivity contribution in [1.29, 1.82) is 0 Å². The molecule has 1 atom stereocenters. The van der Waals surface area contributed by atoms with Gasteiger partial charge in [0, 0.05) is 6.42 Å². The number of nitrogens with zero attached hydrogens (tertiary/aromatic N) is 1. The van der Waals surface area contributed by atoms with E-state index in [0.717, 1.165) is 29.8 Å². The van der Waals surface area contributed by atoms with Crippen molar-refractivity contribution in [3.05, 3.63) is 29.3 Å². The maximum Gasteiger partial charge on any atom is 0.326 e. The summed E-state index contributed by atoms with van der Waals surface area (Å²) in [6.07, 6.45) is 1.38. The van der Waals surface area contributed by atoms with Gasteiger partial charge >= 0.3 is 162 Å². The summed E-state index contributed by atoms with van der Waals surface area (Å²) in [4.78, 5) is 59.3. The van der Waals surface area contributed by atoms with Crippen LogP contribution in [0.5, 0.6) is 0 Å². The second-order valence-corrected chi connectivity index (χ2v) is 9.90. The summed E-state index contributed by atoms with van der Waals surface area (Å²) in [6, 6.07) is 3.39. The number of carboxylic acid groups (broad SMARTS) is 3. The number of hydrogen-bond donors (Lipinski definition) is 7. The number of carboxylic acids is 3. The van der Waals surface area contributed by atoms with E-state index in [1.165, 1.54) is 0 Å². The molecule has 0 saturated heterocycles. The zero-order chi connectivity index (χ0) is 28.4. The number of carbonyl (C=O) groups is 5. The number of nitrogens with two attached hydrogens (primary N) is 1. The molecular weight excluding hydrogens is 704 g/mol. The molecule has 0 radical (unpaired) electrons. The molecular formula is C22H32AtN5O8S. The van der Waals surface area contributed by atoms with Crippen LogP contribution >= 0.6 is 8.52 Å². The molecule has 15 heteroatoms. The largest absolute Gasteiger partial charge is 0.481 e. The molecule has 3 amide bonds. The minimum Gasteiger partial charge on any atom is -0.481 e. The Morgan fingerprint density at radius 3 is 2.30 bits per heavy atom. The van der Waals surface area contributed by atoms with Gasteiger partial charge in [-0.15, -0.1) is 0 Å². The van der Waals surface area contributed by atoms with Crippen LogP contribution in [0.2, 0.25) is 0 Å². The summed E-state index contributed by atoms with van der Waals surface area (Å²) in [5, 5.41) is 32.0. The fraction of sp³-hybridized carbons (Fsp3) is 0.455. The van der Waals surface area contributed by atoms with Crippen molar-refractivity contribution in [2.45, 2.75) is 57.0 Å². The first-order chi connectivity index (χ1) is 17.4. The number of urea groups is 1. The van der Waals surface area contributed by atoms with Gasteiger partial charge in [0.2, 0.25) is 0 Å². The quantitative estimate of drug-likeness (QED) is 0.0826. The number of carbonyl (C=O) groups excluding carboxylic acids is 2. The van der Waals surface area contributed by atoms with Gasteiger partial charge < -0.3 is 26.0 Å². The van der Waals surface area contributed by atoms with Crippen molar-refractivity contribution in [2.24, 2.45) is 10.7 Å². The average Bonchev–Trinajstić information content (AvgIpc) is 2.83. The molecule has 0 aliphatic carbocycles. The molecule has 0 heterocycles. The molecule has 0 saturated carbocycles. The van der Waals surface area contributed by atoms with Gasteiger partial charge in [-0.3, -0.25) is 9.59 Å². The summed E-state index contributed by atoms with van der Waals surface area (Å²) in [5.41, 5.74) is 7.37. The van der Waals surface area contributed by atoms with E-state index in [0.29, 0.717) is 17.9 Å². The van der Waals surface area contributed by atoms with Gasteiger partial charge in [0.05, 0.1) is 0 Å². The van der Waals surface area contributed by atoms with Gasteiger partial charge in [-0.1, -0.05) is 0 Å². The fourth-order valence-corrected chi connectivity index (χ4v) is 4.56. The third-order valence-electron chi connectivity index (χ3n) is 4.38. The van der Waals surface area contributed by atoms with Crippen molar-refractivity contribution in [3.8, 4) is 0 Å². The smallest absolute Gasteiger partial charge is 0.326 e. The van der Waals surface area contributed by atoms with E-state index < -0.39 is 42.9 Å². The maximum atomic E-state index is 12.0. The minimum absolute atomic E-state index is 0.00882. The van der Waals surface area contributed by atoms with E-state index in [1.807, 2.05) is 28.8 Å². The molecule has 0 spiro atoms. The van der Waals surface area contributed by atoms with Crippen LogP contribution in [0.15, 0.2) is 28.1 Å². The van der Waals surface area contributed by atoms with Gasteiger partial charge in [-0.05, 0) is 6.42 Å². The second kappa shape index (κ2) is 19.2. The predicted octanol–water partition coefficient (Wildman–Crippen LogP) is 1.34. The third kappa shape index (κ3) is 16.4. The van der Waals surface area contributed by atoms with Crippen molar-refractivity contribution >= 4 is 44.2 Å². The van der Waals surface area contributed by atoms with E-state index in [2.05, 4.69) is 17.2 Å². The predicted molar refractivity (Wildman–Crippen MR) is 133 cm³/mol. The fourth-order valence-electron chi connectivity index (χ4n) is 2.48. The van der Waals surface area contributed by atoms with E-state index in [9.17, 15) is 24.0 Å². The SMILES string of the molecule is CCCCNC(=O)c1ccc(CN=C(C)N)c(S[At])c1.O=C(O)CCC(NC(=O)NCC(=O)O)C(=O)O. The number of amidine groups is 1. The molecule has 0 aliphatic rings. The van der Waals surface area contributed by atoms with Crippen molar-refractivity contribution < 1.29 is 62.5 Å². The summed E-state index contributed by atoms with van der Waals surface area (Å²) in [7, 11) is 1.67. The number of unbranched alkanes of at least 4 members (excludes halogenated alkanes) is 1. The molecule has 0 aliphatic heterocycles. The molecule has 13 nitrogen and oxygen atoms in total. The zero-order valence-corrected chi connectivity index (χ0v) is 24.2. The first kappa shape index (κ1) is 34.1. The molecule has 206 valence electrons. The summed E-state index contributed by atoms with van der Waals surface area (Å²) >= 11 is 1.59. The third-order valence-corrected chi connectivity index (χ3v) is 6.86. The van der Waals surface area contributed by atoms with E-state index >= 15 is 0 Å². The van der Waals surface area contributed by atoms with E-state index in [-0.39, 0.29) is 12.3 Å². The molecule has 37 heavy (non-hydrogen) atoms. The number of benzene rings is 1. The monoisotopic (exact) mass is 736 g/mol. The molecule has 1 aromatic rings. The second-order valence-electron chi connectivity index (χ2n) is 7.51. The van der Waals surface area contributed by atoms with Gasteiger partial charge in [-0.2, -0.15) is 0 Å². The average molecular weight is 737 g/mol. The Labute approximate surface area is 232 Å². The van der Waals surface area contributed by atoms with Crippen LogP contribution < -0.4 is 21.7 Å². The Balaban J connectivity index is 0.000000712. The van der Waals surface area contributed by atoms with Crippen LogP contribution in [0.4, 0.5) is 4.79 Å². The molecule has 1 rings (SSSR count).